The van der Waals surface area contributed by atoms with Gasteiger partial charge in [0.15, 0.2) is 17.6 Å². The molecule has 0 aromatic heterocycles. The molecule has 42 heavy (non-hydrogen) atoms. The number of hydrogen-bond donors (Lipinski definition) is 1. The fraction of sp³-hybridized carbons (Fsp3) is 0.304. The number of esters is 1. The molecule has 228 valence electrons. The number of alkyl halides is 6. The first-order valence-electron chi connectivity index (χ1n) is 10.9. The van der Waals surface area contributed by atoms with Crippen LogP contribution < -0.4 is 15.0 Å². The number of benzene rings is 2. The second-order valence-electron chi connectivity index (χ2n) is 9.23. The van der Waals surface area contributed by atoms with E-state index < -0.39 is 85.2 Å². The Labute approximate surface area is 246 Å². The Morgan fingerprint density at radius 2 is 1.43 bits per heavy atom. The van der Waals surface area contributed by atoms with Crippen molar-refractivity contribution in [1.29, 1.82) is 0 Å². The SMILES string of the molecule is CC(C)(C)C(=O)C(C(=O)Nc1cc([N+](=O)[O-])ccc1Cl)N(C(=O)C(F)(F)F)c1cc(Cl)c(OC(=O)C(F)(F)F)c(Cl)c1. The van der Waals surface area contributed by atoms with E-state index >= 15 is 0 Å². The van der Waals surface area contributed by atoms with E-state index in [1.807, 2.05) is 5.32 Å². The number of halogens is 9. The summed E-state index contributed by atoms with van der Waals surface area (Å²) in [6.07, 6.45) is -11.3. The maximum atomic E-state index is 13.8. The Morgan fingerprint density at radius 1 is 0.905 bits per heavy atom. The number of carbonyl (C=O) groups excluding carboxylic acids is 4. The minimum atomic E-state index is -5.76. The van der Waals surface area contributed by atoms with Gasteiger partial charge in [0.05, 0.1) is 25.7 Å². The average molecular weight is 667 g/mol. The van der Waals surface area contributed by atoms with Gasteiger partial charge in [-0.1, -0.05) is 55.6 Å². The number of Topliss-reactive ketones (excluding diaryl/α,β-unsaturated/α-hetero) is 1. The molecule has 0 saturated heterocycles. The van der Waals surface area contributed by atoms with Gasteiger partial charge in [0.25, 0.3) is 11.6 Å². The van der Waals surface area contributed by atoms with E-state index in [1.165, 1.54) is 20.8 Å². The van der Waals surface area contributed by atoms with Crippen LogP contribution in [0.2, 0.25) is 15.1 Å². The third kappa shape index (κ3) is 8.01. The van der Waals surface area contributed by atoms with E-state index in [-0.39, 0.29) is 9.92 Å². The van der Waals surface area contributed by atoms with Crippen LogP contribution in [0.4, 0.5) is 43.4 Å². The molecular formula is C23H16Cl3F6N3O7. The Balaban J connectivity index is 2.79. The average Bonchev–Trinajstić information content (AvgIpc) is 2.82. The van der Waals surface area contributed by atoms with Crippen molar-refractivity contribution in [1.82, 2.24) is 0 Å². The molecule has 19 heteroatoms. The van der Waals surface area contributed by atoms with Gasteiger partial charge in [-0.2, -0.15) is 26.3 Å². The van der Waals surface area contributed by atoms with E-state index in [2.05, 4.69) is 4.74 Å². The van der Waals surface area contributed by atoms with Crippen molar-refractivity contribution in [2.45, 2.75) is 39.2 Å². The largest absolute Gasteiger partial charge is 0.491 e. The second-order valence-corrected chi connectivity index (χ2v) is 10.4. The third-order valence-corrected chi connectivity index (χ3v) is 5.95. The summed E-state index contributed by atoms with van der Waals surface area (Å²) in [6, 6.07) is 0.734. The van der Waals surface area contributed by atoms with Gasteiger partial charge in [-0.3, -0.25) is 29.4 Å². The predicted octanol–water partition coefficient (Wildman–Crippen LogP) is 6.54. The molecule has 0 heterocycles. The summed E-state index contributed by atoms with van der Waals surface area (Å²) in [5.74, 6) is -9.71. The van der Waals surface area contributed by atoms with Gasteiger partial charge in [0, 0.05) is 23.2 Å². The van der Waals surface area contributed by atoms with Gasteiger partial charge in [-0.25, -0.2) is 4.79 Å². The van der Waals surface area contributed by atoms with Crippen molar-refractivity contribution in [2.75, 3.05) is 10.2 Å². The lowest BCUT2D eigenvalue weighted by atomic mass is 9.85. The lowest BCUT2D eigenvalue weighted by Crippen LogP contribution is -2.58. The fourth-order valence-corrected chi connectivity index (χ4v) is 3.86. The summed E-state index contributed by atoms with van der Waals surface area (Å²) < 4.78 is 83.4. The number of carbonyl (C=O) groups is 4. The number of amides is 2. The van der Waals surface area contributed by atoms with Crippen molar-refractivity contribution < 1.29 is 55.2 Å². The molecule has 10 nitrogen and oxygen atoms in total. The molecule has 0 bridgehead atoms. The fourth-order valence-electron chi connectivity index (χ4n) is 3.14. The third-order valence-electron chi connectivity index (χ3n) is 5.06. The molecule has 1 atom stereocenters. The highest BCUT2D eigenvalue weighted by molar-refractivity contribution is 6.38. The standard InChI is InChI=1S/C23H16Cl3F6N3O7/c1-21(2,3)17(36)15(18(37)33-14-8-9(35(40)41)4-5-11(14)24)34(19(38)22(27,28)29)10-6-12(25)16(13(26)7-10)42-20(39)23(30,31)32/h4-8,15H,1-3H3,(H,33,37). The smallest absolute Gasteiger partial charge is 0.417 e. The van der Waals surface area contributed by atoms with Crippen molar-refractivity contribution in [3.63, 3.8) is 0 Å². The normalized spacial score (nSPS) is 12.8. The van der Waals surface area contributed by atoms with E-state index in [1.54, 1.807) is 0 Å². The van der Waals surface area contributed by atoms with Gasteiger partial charge in [0.1, 0.15) is 0 Å². The molecule has 0 spiro atoms. The first kappa shape index (κ1) is 34.6. The van der Waals surface area contributed by atoms with E-state index in [0.717, 1.165) is 18.2 Å². The number of anilines is 2. The Hall–Kier alpha value is -3.63. The molecule has 0 fully saturated rings. The quantitative estimate of drug-likeness (QED) is 0.0885. The number of non-ortho nitro benzene ring substituents is 1. The monoisotopic (exact) mass is 665 g/mol. The van der Waals surface area contributed by atoms with Crippen LogP contribution in [-0.4, -0.2) is 46.9 Å². The molecule has 2 amide bonds. The van der Waals surface area contributed by atoms with Crippen LogP contribution in [0, 0.1) is 15.5 Å². The van der Waals surface area contributed by atoms with Gasteiger partial charge < -0.3 is 10.1 Å². The summed E-state index contributed by atoms with van der Waals surface area (Å²) >= 11 is 17.6. The Kier molecular flexibility index (Phi) is 10.1. The van der Waals surface area contributed by atoms with Gasteiger partial charge in [-0.05, 0) is 18.2 Å². The molecule has 0 radical (unpaired) electrons. The van der Waals surface area contributed by atoms with Gasteiger partial charge in [0.2, 0.25) is 0 Å². The first-order chi connectivity index (χ1) is 19.0. The number of nitrogens with one attached hydrogen (secondary N) is 1. The highest BCUT2D eigenvalue weighted by Crippen LogP contribution is 2.41. The highest BCUT2D eigenvalue weighted by Gasteiger charge is 2.51. The number of ketones is 1. The molecule has 0 aliphatic rings. The molecule has 1 unspecified atom stereocenters. The number of ether oxygens (including phenoxy) is 1. The molecule has 0 aliphatic heterocycles. The first-order valence-corrected chi connectivity index (χ1v) is 12.1. The Morgan fingerprint density at radius 3 is 1.86 bits per heavy atom. The van der Waals surface area contributed by atoms with Crippen LogP contribution in [0.3, 0.4) is 0 Å². The molecule has 2 aromatic rings. The summed E-state index contributed by atoms with van der Waals surface area (Å²) in [5, 5.41) is 10.7. The van der Waals surface area contributed by atoms with Crippen LogP contribution in [-0.2, 0) is 19.2 Å². The van der Waals surface area contributed by atoms with Crippen molar-refractivity contribution in [3.05, 3.63) is 55.5 Å². The molecule has 0 saturated carbocycles. The zero-order valence-electron chi connectivity index (χ0n) is 21.1. The van der Waals surface area contributed by atoms with Crippen LogP contribution in [0.1, 0.15) is 20.8 Å². The second kappa shape index (κ2) is 12.3. The number of nitrogens with zero attached hydrogens (tertiary/aromatic N) is 2. The van der Waals surface area contributed by atoms with E-state index in [4.69, 9.17) is 34.8 Å². The van der Waals surface area contributed by atoms with Crippen LogP contribution in [0.25, 0.3) is 0 Å². The van der Waals surface area contributed by atoms with Crippen LogP contribution >= 0.6 is 34.8 Å². The lowest BCUT2D eigenvalue weighted by Gasteiger charge is -2.34. The summed E-state index contributed by atoms with van der Waals surface area (Å²) in [6.45, 7) is 3.56. The number of nitro groups is 1. The van der Waals surface area contributed by atoms with Gasteiger partial charge >= 0.3 is 24.2 Å². The molecule has 0 aliphatic carbocycles. The topological polar surface area (TPSA) is 136 Å². The minimum Gasteiger partial charge on any atom is -0.417 e. The van der Waals surface area contributed by atoms with Crippen LogP contribution in [0.5, 0.6) is 5.75 Å². The number of hydrogen-bond acceptors (Lipinski definition) is 7. The lowest BCUT2D eigenvalue weighted by molar-refractivity contribution is -0.384. The number of rotatable bonds is 7. The molecule has 2 rings (SSSR count). The summed E-state index contributed by atoms with van der Waals surface area (Å²) in [5.41, 5.74) is -3.79. The van der Waals surface area contributed by atoms with Crippen molar-refractivity contribution in [3.8, 4) is 5.75 Å². The maximum Gasteiger partial charge on any atom is 0.491 e. The summed E-state index contributed by atoms with van der Waals surface area (Å²) in [7, 11) is 0. The van der Waals surface area contributed by atoms with Crippen LogP contribution in [0.15, 0.2) is 30.3 Å². The van der Waals surface area contributed by atoms with Gasteiger partial charge in [-0.15, -0.1) is 0 Å². The number of nitro benzene ring substituents is 1. The predicted molar refractivity (Wildman–Crippen MR) is 137 cm³/mol. The molecule has 2 aromatic carbocycles. The highest BCUT2D eigenvalue weighted by atomic mass is 35.5. The summed E-state index contributed by atoms with van der Waals surface area (Å²) in [4.78, 5) is 60.5. The van der Waals surface area contributed by atoms with Crippen molar-refractivity contribution in [2.24, 2.45) is 5.41 Å². The van der Waals surface area contributed by atoms with Crippen molar-refractivity contribution >= 4 is 75.4 Å². The van der Waals surface area contributed by atoms with E-state index in [0.29, 0.717) is 12.1 Å². The zero-order chi connectivity index (χ0) is 32.5. The molecular weight excluding hydrogens is 651 g/mol. The van der Waals surface area contributed by atoms with E-state index in [9.17, 15) is 55.6 Å². The molecule has 1 N–H and O–H groups in total. The zero-order valence-corrected chi connectivity index (χ0v) is 23.4. The minimum absolute atomic E-state index is 0.341. The maximum absolute atomic E-state index is 13.8. The Bertz CT molecular complexity index is 1440.